The van der Waals surface area contributed by atoms with Crippen LogP contribution in [0.3, 0.4) is 0 Å². The summed E-state index contributed by atoms with van der Waals surface area (Å²) in [4.78, 5) is 12.1. The van der Waals surface area contributed by atoms with Crippen molar-refractivity contribution >= 4 is 33.2 Å². The standard InChI is InChI=1S/C13H15BrN4O2/c1-20-5-4-18-8-10(7-16-18)17-13(19)9-2-3-11(14)12(15)6-9/h2-3,6-8H,4-5,15H2,1H3,(H,17,19). The highest BCUT2D eigenvalue weighted by atomic mass is 79.9. The summed E-state index contributed by atoms with van der Waals surface area (Å²) in [6, 6.07) is 5.06. The van der Waals surface area contributed by atoms with Crippen molar-refractivity contribution in [3.8, 4) is 0 Å². The molecule has 1 amide bonds. The number of rotatable bonds is 5. The minimum Gasteiger partial charge on any atom is -0.398 e. The molecule has 0 aliphatic carbocycles. The Morgan fingerprint density at radius 2 is 2.35 bits per heavy atom. The van der Waals surface area contributed by atoms with Gasteiger partial charge >= 0.3 is 0 Å². The zero-order chi connectivity index (χ0) is 14.5. The normalized spacial score (nSPS) is 10.5. The van der Waals surface area contributed by atoms with Gasteiger partial charge in [-0.3, -0.25) is 9.48 Å². The number of aromatic nitrogens is 2. The molecule has 7 heteroatoms. The molecule has 1 aromatic heterocycles. The van der Waals surface area contributed by atoms with Crippen molar-refractivity contribution < 1.29 is 9.53 Å². The van der Waals surface area contributed by atoms with Gasteiger partial charge in [-0.05, 0) is 34.1 Å². The second-order valence-corrected chi connectivity index (χ2v) is 5.03. The average Bonchev–Trinajstić information content (AvgIpc) is 2.87. The molecule has 0 spiro atoms. The average molecular weight is 339 g/mol. The molecule has 0 atom stereocenters. The van der Waals surface area contributed by atoms with Crippen LogP contribution in [0.25, 0.3) is 0 Å². The first kappa shape index (κ1) is 14.5. The highest BCUT2D eigenvalue weighted by Crippen LogP contribution is 2.20. The van der Waals surface area contributed by atoms with Gasteiger partial charge < -0.3 is 15.8 Å². The van der Waals surface area contributed by atoms with Crippen LogP contribution in [0.4, 0.5) is 11.4 Å². The number of methoxy groups -OCH3 is 1. The molecule has 106 valence electrons. The van der Waals surface area contributed by atoms with Crippen LogP contribution in [0.5, 0.6) is 0 Å². The van der Waals surface area contributed by atoms with Crippen molar-refractivity contribution in [2.45, 2.75) is 6.54 Å². The van der Waals surface area contributed by atoms with Gasteiger partial charge in [0.25, 0.3) is 5.91 Å². The van der Waals surface area contributed by atoms with Gasteiger partial charge in [0.15, 0.2) is 0 Å². The summed E-state index contributed by atoms with van der Waals surface area (Å²) >= 11 is 3.29. The molecule has 0 aliphatic rings. The van der Waals surface area contributed by atoms with Crippen LogP contribution in [-0.2, 0) is 11.3 Å². The molecule has 2 rings (SSSR count). The number of amides is 1. The maximum Gasteiger partial charge on any atom is 0.255 e. The van der Waals surface area contributed by atoms with Gasteiger partial charge in [-0.1, -0.05) is 0 Å². The number of anilines is 2. The summed E-state index contributed by atoms with van der Waals surface area (Å²) in [5, 5.41) is 6.89. The first-order valence-electron chi connectivity index (χ1n) is 5.98. The predicted octanol–water partition coefficient (Wildman–Crippen LogP) is 2.13. The lowest BCUT2D eigenvalue weighted by Crippen LogP contribution is -2.12. The summed E-state index contributed by atoms with van der Waals surface area (Å²) in [5.41, 5.74) is 7.40. The van der Waals surface area contributed by atoms with Gasteiger partial charge in [0.05, 0.1) is 25.0 Å². The molecule has 1 heterocycles. The van der Waals surface area contributed by atoms with Gasteiger partial charge in [0.1, 0.15) is 0 Å². The van der Waals surface area contributed by atoms with Crippen LogP contribution in [-0.4, -0.2) is 29.4 Å². The quantitative estimate of drug-likeness (QED) is 0.818. The van der Waals surface area contributed by atoms with Crippen LogP contribution in [0.1, 0.15) is 10.4 Å². The van der Waals surface area contributed by atoms with E-state index in [4.69, 9.17) is 10.5 Å². The Kier molecular flexibility index (Phi) is 4.75. The lowest BCUT2D eigenvalue weighted by atomic mass is 10.2. The van der Waals surface area contributed by atoms with Gasteiger partial charge in [-0.2, -0.15) is 5.10 Å². The van der Waals surface area contributed by atoms with Crippen LogP contribution in [0, 0.1) is 0 Å². The molecule has 6 nitrogen and oxygen atoms in total. The van der Waals surface area contributed by atoms with Gasteiger partial charge in [0, 0.05) is 29.0 Å². The van der Waals surface area contributed by atoms with E-state index in [2.05, 4.69) is 26.3 Å². The zero-order valence-corrected chi connectivity index (χ0v) is 12.6. The number of carbonyl (C=O) groups is 1. The minimum absolute atomic E-state index is 0.226. The molecule has 20 heavy (non-hydrogen) atoms. The number of nitrogens with zero attached hydrogens (tertiary/aromatic N) is 2. The number of carbonyl (C=O) groups excluding carboxylic acids is 1. The molecule has 2 aromatic rings. The van der Waals surface area contributed by atoms with E-state index in [0.717, 1.165) is 4.47 Å². The Morgan fingerprint density at radius 3 is 3.05 bits per heavy atom. The number of nitrogen functional groups attached to an aromatic ring is 1. The van der Waals surface area contributed by atoms with Crippen LogP contribution in [0.2, 0.25) is 0 Å². The third-order valence-corrected chi connectivity index (χ3v) is 3.40. The van der Waals surface area contributed by atoms with E-state index < -0.39 is 0 Å². The Bertz CT molecular complexity index is 612. The summed E-state index contributed by atoms with van der Waals surface area (Å²) in [5.74, 6) is -0.226. The van der Waals surface area contributed by atoms with Crippen LogP contribution in [0.15, 0.2) is 35.1 Å². The minimum atomic E-state index is -0.226. The fourth-order valence-electron chi connectivity index (χ4n) is 1.62. The van der Waals surface area contributed by atoms with Crippen molar-refractivity contribution in [1.82, 2.24) is 9.78 Å². The fraction of sp³-hybridized carbons (Fsp3) is 0.231. The van der Waals surface area contributed by atoms with Gasteiger partial charge in [0.2, 0.25) is 0 Å². The number of ether oxygens (including phenoxy) is 1. The van der Waals surface area contributed by atoms with Crippen molar-refractivity contribution in [3.05, 3.63) is 40.6 Å². The van der Waals surface area contributed by atoms with Crippen molar-refractivity contribution in [1.29, 1.82) is 0 Å². The van der Waals surface area contributed by atoms with Gasteiger partial charge in [-0.15, -0.1) is 0 Å². The molecule has 0 unspecified atom stereocenters. The molecule has 0 radical (unpaired) electrons. The highest BCUT2D eigenvalue weighted by Gasteiger charge is 2.09. The first-order chi connectivity index (χ1) is 9.60. The first-order valence-corrected chi connectivity index (χ1v) is 6.77. The van der Waals surface area contributed by atoms with E-state index in [1.807, 2.05) is 0 Å². The van der Waals surface area contributed by atoms with E-state index in [0.29, 0.717) is 30.1 Å². The van der Waals surface area contributed by atoms with Crippen molar-refractivity contribution in [3.63, 3.8) is 0 Å². The van der Waals surface area contributed by atoms with Gasteiger partial charge in [-0.25, -0.2) is 0 Å². The maximum absolute atomic E-state index is 12.1. The molecule has 0 fully saturated rings. The number of halogens is 1. The zero-order valence-electron chi connectivity index (χ0n) is 11.0. The molecular weight excluding hydrogens is 324 g/mol. The van der Waals surface area contributed by atoms with Crippen molar-refractivity contribution in [2.75, 3.05) is 24.8 Å². The number of nitrogens with two attached hydrogens (primary N) is 1. The lowest BCUT2D eigenvalue weighted by Gasteiger charge is -2.04. The molecule has 3 N–H and O–H groups in total. The van der Waals surface area contributed by atoms with Crippen LogP contribution < -0.4 is 11.1 Å². The topological polar surface area (TPSA) is 82.2 Å². The lowest BCUT2D eigenvalue weighted by molar-refractivity contribution is 0.102. The maximum atomic E-state index is 12.1. The molecular formula is C13H15BrN4O2. The Hall–Kier alpha value is -1.86. The number of hydrogen-bond acceptors (Lipinski definition) is 4. The van der Waals surface area contributed by atoms with E-state index in [1.54, 1.807) is 42.4 Å². The summed E-state index contributed by atoms with van der Waals surface area (Å²) < 4.78 is 7.43. The number of benzene rings is 1. The summed E-state index contributed by atoms with van der Waals surface area (Å²) in [6.45, 7) is 1.20. The molecule has 0 aliphatic heterocycles. The Morgan fingerprint density at radius 1 is 1.55 bits per heavy atom. The van der Waals surface area contributed by atoms with E-state index in [-0.39, 0.29) is 5.91 Å². The smallest absolute Gasteiger partial charge is 0.255 e. The van der Waals surface area contributed by atoms with E-state index >= 15 is 0 Å². The third kappa shape index (κ3) is 3.58. The fourth-order valence-corrected chi connectivity index (χ4v) is 1.87. The second kappa shape index (κ2) is 6.53. The monoisotopic (exact) mass is 338 g/mol. The molecule has 0 saturated heterocycles. The van der Waals surface area contributed by atoms with E-state index in [1.165, 1.54) is 0 Å². The number of hydrogen-bond donors (Lipinski definition) is 2. The Balaban J connectivity index is 2.03. The number of nitrogens with one attached hydrogen (secondary N) is 1. The van der Waals surface area contributed by atoms with E-state index in [9.17, 15) is 4.79 Å². The molecule has 1 aromatic carbocycles. The van der Waals surface area contributed by atoms with Crippen molar-refractivity contribution in [2.24, 2.45) is 0 Å². The molecule has 0 bridgehead atoms. The SMILES string of the molecule is COCCn1cc(NC(=O)c2ccc(Br)c(N)c2)cn1. The Labute approximate surface area is 125 Å². The third-order valence-electron chi connectivity index (χ3n) is 2.67. The largest absolute Gasteiger partial charge is 0.398 e. The second-order valence-electron chi connectivity index (χ2n) is 4.18. The highest BCUT2D eigenvalue weighted by molar-refractivity contribution is 9.10. The molecule has 0 saturated carbocycles. The summed E-state index contributed by atoms with van der Waals surface area (Å²) in [6.07, 6.45) is 3.34. The predicted molar refractivity (Wildman–Crippen MR) is 80.6 cm³/mol. The van der Waals surface area contributed by atoms with Crippen LogP contribution >= 0.6 is 15.9 Å². The summed E-state index contributed by atoms with van der Waals surface area (Å²) in [7, 11) is 1.63.